The highest BCUT2D eigenvalue weighted by Crippen LogP contribution is 2.28. The molecule has 0 radical (unpaired) electrons. The third kappa shape index (κ3) is 7.59. The van der Waals surface area contributed by atoms with Gasteiger partial charge < -0.3 is 9.64 Å². The summed E-state index contributed by atoms with van der Waals surface area (Å²) in [6.07, 6.45) is 0. The number of likely N-dealkylation sites (N-methyl/N-ethyl adjacent to an activating group) is 1. The number of ether oxygens (including phenoxy) is 1. The zero-order valence-corrected chi connectivity index (χ0v) is 21.1. The van der Waals surface area contributed by atoms with Crippen LogP contribution in [0.4, 0.5) is 28.4 Å². The van der Waals surface area contributed by atoms with Crippen LogP contribution in [0.5, 0.6) is 0 Å². The van der Waals surface area contributed by atoms with Crippen LogP contribution in [0.15, 0.2) is 87.2 Å². The van der Waals surface area contributed by atoms with E-state index in [2.05, 4.69) is 65.2 Å². The first-order valence-electron chi connectivity index (χ1n) is 11.7. The van der Waals surface area contributed by atoms with E-state index in [0.29, 0.717) is 6.61 Å². The van der Waals surface area contributed by atoms with Crippen LogP contribution in [0.3, 0.4) is 0 Å². The number of rotatable bonds is 9. The van der Waals surface area contributed by atoms with E-state index >= 15 is 0 Å². The van der Waals surface area contributed by atoms with E-state index in [4.69, 9.17) is 4.74 Å². The van der Waals surface area contributed by atoms with Crippen LogP contribution in [-0.4, -0.2) is 25.3 Å². The Morgan fingerprint density at radius 1 is 0.735 bits per heavy atom. The van der Waals surface area contributed by atoms with Crippen LogP contribution in [0, 0.1) is 13.8 Å². The number of benzene rings is 3. The summed E-state index contributed by atoms with van der Waals surface area (Å²) in [5.41, 5.74) is 6.41. The number of hydrogen-bond donors (Lipinski definition) is 0. The molecule has 0 fully saturated rings. The van der Waals surface area contributed by atoms with Gasteiger partial charge in [0.15, 0.2) is 0 Å². The first kappa shape index (κ1) is 25.2. The number of anilines is 1. The Morgan fingerprint density at radius 3 is 1.97 bits per heavy atom. The molecule has 0 N–H and O–H groups in total. The molecule has 0 spiro atoms. The zero-order valence-electron chi connectivity index (χ0n) is 21.1. The average Bonchev–Trinajstić information content (AvgIpc) is 2.80. The molecule has 3 aromatic carbocycles. The minimum atomic E-state index is -0.121. The summed E-state index contributed by atoms with van der Waals surface area (Å²) in [5.74, 6) is 0. The number of aryl methyl sites for hydroxylation is 2. The van der Waals surface area contributed by atoms with Crippen LogP contribution in [0.1, 0.15) is 38.8 Å². The fourth-order valence-corrected chi connectivity index (χ4v) is 3.37. The lowest BCUT2D eigenvalue weighted by Crippen LogP contribution is -2.30. The van der Waals surface area contributed by atoms with E-state index < -0.39 is 0 Å². The molecule has 6 nitrogen and oxygen atoms in total. The van der Waals surface area contributed by atoms with Gasteiger partial charge in [-0.15, -0.1) is 0 Å². The molecule has 0 aromatic heterocycles. The second-order valence-corrected chi connectivity index (χ2v) is 9.21. The molecule has 0 amide bonds. The fourth-order valence-electron chi connectivity index (χ4n) is 3.37. The molecule has 3 aromatic rings. The van der Waals surface area contributed by atoms with E-state index in [1.54, 1.807) is 0 Å². The van der Waals surface area contributed by atoms with Crippen LogP contribution < -0.4 is 4.90 Å². The molecule has 0 aliphatic rings. The maximum Gasteiger partial charge on any atom is 0.0887 e. The molecular weight excluding hydrogens is 422 g/mol. The van der Waals surface area contributed by atoms with Crippen molar-refractivity contribution in [2.24, 2.45) is 20.5 Å². The molecule has 0 unspecified atom stereocenters. The van der Waals surface area contributed by atoms with Gasteiger partial charge in [-0.25, -0.2) is 0 Å². The van der Waals surface area contributed by atoms with Gasteiger partial charge in [0.1, 0.15) is 0 Å². The Balaban J connectivity index is 1.63. The maximum absolute atomic E-state index is 5.87. The van der Waals surface area contributed by atoms with E-state index in [9.17, 15) is 0 Å². The van der Waals surface area contributed by atoms with Crippen LogP contribution in [-0.2, 0) is 4.74 Å². The maximum atomic E-state index is 5.87. The highest BCUT2D eigenvalue weighted by atomic mass is 16.5. The van der Waals surface area contributed by atoms with E-state index in [0.717, 1.165) is 52.7 Å². The van der Waals surface area contributed by atoms with Gasteiger partial charge in [0, 0.05) is 18.8 Å². The Morgan fingerprint density at radius 2 is 1.35 bits per heavy atom. The summed E-state index contributed by atoms with van der Waals surface area (Å²) in [5, 5.41) is 17.6. The molecule has 0 atom stereocenters. The summed E-state index contributed by atoms with van der Waals surface area (Å²) in [7, 11) is 0. The number of azo groups is 2. The molecule has 34 heavy (non-hydrogen) atoms. The predicted octanol–water partition coefficient (Wildman–Crippen LogP) is 8.78. The lowest BCUT2D eigenvalue weighted by Gasteiger charge is -2.26. The highest BCUT2D eigenvalue weighted by molar-refractivity contribution is 5.55. The van der Waals surface area contributed by atoms with Gasteiger partial charge >= 0.3 is 0 Å². The summed E-state index contributed by atoms with van der Waals surface area (Å²) in [6, 6.07) is 21.9. The Hall–Kier alpha value is -3.38. The molecule has 178 valence electrons. The second kappa shape index (κ2) is 11.7. The number of hydrogen-bond acceptors (Lipinski definition) is 6. The van der Waals surface area contributed by atoms with Crippen molar-refractivity contribution in [1.29, 1.82) is 0 Å². The Labute approximate surface area is 203 Å². The van der Waals surface area contributed by atoms with Gasteiger partial charge in [-0.2, -0.15) is 20.5 Å². The molecular formula is C28H35N5O. The molecule has 0 bridgehead atoms. The Kier molecular flexibility index (Phi) is 8.66. The van der Waals surface area contributed by atoms with Gasteiger partial charge in [-0.3, -0.25) is 0 Å². The quantitative estimate of drug-likeness (QED) is 0.301. The zero-order chi connectivity index (χ0) is 24.6. The standard InChI is InChI=1S/C28H35N5O/c1-7-33(18-19-34-28(4,5)6)25-15-12-23(13-16-25)29-32-27-17-14-24(20-22(27)3)30-31-26-11-9-8-10-21(26)2/h8-17,20H,7,18-19H2,1-6H3. The van der Waals surface area contributed by atoms with Gasteiger partial charge in [0.05, 0.1) is 35.0 Å². The molecule has 0 aliphatic heterocycles. The third-order valence-corrected chi connectivity index (χ3v) is 5.34. The van der Waals surface area contributed by atoms with Crippen molar-refractivity contribution in [3.8, 4) is 0 Å². The molecule has 6 heteroatoms. The Bertz CT molecular complexity index is 1130. The summed E-state index contributed by atoms with van der Waals surface area (Å²) in [6.45, 7) is 14.9. The number of nitrogens with zero attached hydrogens (tertiary/aromatic N) is 5. The molecule has 0 heterocycles. The van der Waals surface area contributed by atoms with Crippen LogP contribution in [0.25, 0.3) is 0 Å². The molecule has 3 rings (SSSR count). The second-order valence-electron chi connectivity index (χ2n) is 9.21. The van der Waals surface area contributed by atoms with Crippen molar-refractivity contribution in [2.75, 3.05) is 24.6 Å². The van der Waals surface area contributed by atoms with Crippen LogP contribution in [0.2, 0.25) is 0 Å². The third-order valence-electron chi connectivity index (χ3n) is 5.34. The largest absolute Gasteiger partial charge is 0.374 e. The van der Waals surface area contributed by atoms with Gasteiger partial charge in [-0.1, -0.05) is 18.2 Å². The topological polar surface area (TPSA) is 61.9 Å². The molecule has 0 aliphatic carbocycles. The lowest BCUT2D eigenvalue weighted by molar-refractivity contribution is 0.00142. The minimum absolute atomic E-state index is 0.121. The monoisotopic (exact) mass is 457 g/mol. The summed E-state index contributed by atoms with van der Waals surface area (Å²) < 4.78 is 5.87. The first-order chi connectivity index (χ1) is 16.2. The van der Waals surface area contributed by atoms with Crippen LogP contribution >= 0.6 is 0 Å². The molecule has 0 saturated carbocycles. The smallest absolute Gasteiger partial charge is 0.0887 e. The van der Waals surface area contributed by atoms with E-state index in [1.807, 2.05) is 68.4 Å². The van der Waals surface area contributed by atoms with Crippen molar-refractivity contribution in [2.45, 2.75) is 47.1 Å². The van der Waals surface area contributed by atoms with Gasteiger partial charge in [0.25, 0.3) is 0 Å². The van der Waals surface area contributed by atoms with Crippen molar-refractivity contribution < 1.29 is 4.74 Å². The summed E-state index contributed by atoms with van der Waals surface area (Å²) in [4.78, 5) is 2.29. The van der Waals surface area contributed by atoms with Crippen molar-refractivity contribution in [1.82, 2.24) is 0 Å². The van der Waals surface area contributed by atoms with E-state index in [-0.39, 0.29) is 5.60 Å². The minimum Gasteiger partial charge on any atom is -0.374 e. The molecule has 0 saturated heterocycles. The SMILES string of the molecule is CCN(CCOC(C)(C)C)c1ccc(N=Nc2ccc(N=Nc3ccccc3C)cc2C)cc1. The first-order valence-corrected chi connectivity index (χ1v) is 11.7. The van der Waals surface area contributed by atoms with Crippen molar-refractivity contribution >= 4 is 28.4 Å². The summed E-state index contributed by atoms with van der Waals surface area (Å²) >= 11 is 0. The fraction of sp³-hybridized carbons (Fsp3) is 0.357. The van der Waals surface area contributed by atoms with Gasteiger partial charge in [0.2, 0.25) is 0 Å². The normalized spacial score (nSPS) is 12.1. The van der Waals surface area contributed by atoms with Gasteiger partial charge in [-0.05, 0) is 101 Å². The van der Waals surface area contributed by atoms with Crippen molar-refractivity contribution in [3.63, 3.8) is 0 Å². The highest BCUT2D eigenvalue weighted by Gasteiger charge is 2.11. The van der Waals surface area contributed by atoms with E-state index in [1.165, 1.54) is 0 Å². The lowest BCUT2D eigenvalue weighted by atomic mass is 10.2. The van der Waals surface area contributed by atoms with Crippen molar-refractivity contribution in [3.05, 3.63) is 77.9 Å². The predicted molar refractivity (Wildman–Crippen MR) is 141 cm³/mol. The average molecular weight is 458 g/mol.